The van der Waals surface area contributed by atoms with Crippen molar-refractivity contribution in [3.8, 4) is 5.75 Å². The van der Waals surface area contributed by atoms with E-state index in [4.69, 9.17) is 4.74 Å². The summed E-state index contributed by atoms with van der Waals surface area (Å²) < 4.78 is 5.13. The zero-order chi connectivity index (χ0) is 23.0. The van der Waals surface area contributed by atoms with Crippen molar-refractivity contribution in [2.45, 2.75) is 5.92 Å². The van der Waals surface area contributed by atoms with Crippen LogP contribution in [0.1, 0.15) is 27.4 Å². The van der Waals surface area contributed by atoms with Crippen LogP contribution in [-0.4, -0.2) is 18.9 Å². The molecule has 0 aliphatic carbocycles. The van der Waals surface area contributed by atoms with Crippen LogP contribution in [0.25, 0.3) is 0 Å². The molecule has 0 saturated heterocycles. The number of amides is 2. The van der Waals surface area contributed by atoms with Crippen molar-refractivity contribution in [3.05, 3.63) is 126 Å². The maximum Gasteiger partial charge on any atom is 0.255 e. The van der Waals surface area contributed by atoms with Crippen LogP contribution in [0.2, 0.25) is 0 Å². The lowest BCUT2D eigenvalue weighted by atomic mass is 9.90. The zero-order valence-corrected chi connectivity index (χ0v) is 18.2. The van der Waals surface area contributed by atoms with Crippen LogP contribution in [0.15, 0.2) is 109 Å². The second kappa shape index (κ2) is 10.3. The second-order valence-corrected chi connectivity index (χ2v) is 7.50. The standard InChI is InChI=1S/C28H24N2O3/c1-33-25-18-16-24(17-19-25)29-27(31)22-12-14-23(15-13-22)30-28(32)26(20-8-4-2-5-9-20)21-10-6-3-7-11-21/h2-19,26H,1H3,(H,29,31)(H,30,32). The van der Waals surface area contributed by atoms with Crippen molar-refractivity contribution < 1.29 is 14.3 Å². The normalized spacial score (nSPS) is 10.5. The van der Waals surface area contributed by atoms with E-state index in [0.29, 0.717) is 16.9 Å². The van der Waals surface area contributed by atoms with Gasteiger partial charge in [-0.15, -0.1) is 0 Å². The van der Waals surface area contributed by atoms with Gasteiger partial charge in [0.2, 0.25) is 5.91 Å². The van der Waals surface area contributed by atoms with Crippen LogP contribution in [-0.2, 0) is 4.79 Å². The van der Waals surface area contributed by atoms with Crippen molar-refractivity contribution in [1.82, 2.24) is 0 Å². The summed E-state index contributed by atoms with van der Waals surface area (Å²) >= 11 is 0. The van der Waals surface area contributed by atoms with Gasteiger partial charge in [0.25, 0.3) is 5.91 Å². The molecule has 0 saturated carbocycles. The molecule has 4 rings (SSSR count). The fourth-order valence-electron chi connectivity index (χ4n) is 3.58. The van der Waals surface area contributed by atoms with Crippen LogP contribution in [0.4, 0.5) is 11.4 Å². The molecule has 33 heavy (non-hydrogen) atoms. The van der Waals surface area contributed by atoms with Gasteiger partial charge in [-0.3, -0.25) is 9.59 Å². The van der Waals surface area contributed by atoms with Crippen molar-refractivity contribution in [2.24, 2.45) is 0 Å². The van der Waals surface area contributed by atoms with E-state index >= 15 is 0 Å². The van der Waals surface area contributed by atoms with Gasteiger partial charge in [-0.05, 0) is 59.7 Å². The lowest BCUT2D eigenvalue weighted by molar-refractivity contribution is -0.116. The van der Waals surface area contributed by atoms with E-state index in [0.717, 1.165) is 16.9 Å². The summed E-state index contributed by atoms with van der Waals surface area (Å²) in [7, 11) is 1.59. The fourth-order valence-corrected chi connectivity index (χ4v) is 3.58. The van der Waals surface area contributed by atoms with Gasteiger partial charge in [0.1, 0.15) is 5.75 Å². The van der Waals surface area contributed by atoms with Crippen LogP contribution in [0.3, 0.4) is 0 Å². The summed E-state index contributed by atoms with van der Waals surface area (Å²) in [6, 6.07) is 33.3. The van der Waals surface area contributed by atoms with E-state index in [9.17, 15) is 9.59 Å². The molecule has 4 aromatic carbocycles. The summed E-state index contributed by atoms with van der Waals surface area (Å²) in [6.07, 6.45) is 0. The second-order valence-electron chi connectivity index (χ2n) is 7.50. The molecule has 0 heterocycles. The third kappa shape index (κ3) is 5.46. The van der Waals surface area contributed by atoms with Gasteiger partial charge in [0, 0.05) is 16.9 Å². The van der Waals surface area contributed by atoms with E-state index in [1.807, 2.05) is 60.7 Å². The Morgan fingerprint density at radius 3 is 1.64 bits per heavy atom. The first-order valence-electron chi connectivity index (χ1n) is 10.6. The summed E-state index contributed by atoms with van der Waals surface area (Å²) in [5.74, 6) is -0.0878. The van der Waals surface area contributed by atoms with Gasteiger partial charge in [-0.2, -0.15) is 0 Å². The van der Waals surface area contributed by atoms with Crippen LogP contribution < -0.4 is 15.4 Å². The van der Waals surface area contributed by atoms with Crippen molar-refractivity contribution >= 4 is 23.2 Å². The molecule has 164 valence electrons. The maximum atomic E-state index is 13.2. The van der Waals surface area contributed by atoms with Crippen LogP contribution in [0, 0.1) is 0 Å². The molecule has 0 unspecified atom stereocenters. The number of anilines is 2. The molecule has 2 amide bonds. The van der Waals surface area contributed by atoms with E-state index in [2.05, 4.69) is 10.6 Å². The Labute approximate surface area is 193 Å². The summed E-state index contributed by atoms with van der Waals surface area (Å²) in [5, 5.41) is 5.83. The molecule has 5 heteroatoms. The molecule has 0 aliphatic heterocycles. The Balaban J connectivity index is 1.47. The molecule has 0 spiro atoms. The molecule has 0 atom stereocenters. The first kappa shape index (κ1) is 21.8. The highest BCUT2D eigenvalue weighted by molar-refractivity contribution is 6.05. The topological polar surface area (TPSA) is 67.4 Å². The van der Waals surface area contributed by atoms with Gasteiger partial charge < -0.3 is 15.4 Å². The lowest BCUT2D eigenvalue weighted by Gasteiger charge is -2.18. The Morgan fingerprint density at radius 1 is 0.636 bits per heavy atom. The molecular formula is C28H24N2O3. The molecular weight excluding hydrogens is 412 g/mol. The number of ether oxygens (including phenoxy) is 1. The largest absolute Gasteiger partial charge is 0.497 e. The van der Waals surface area contributed by atoms with Crippen molar-refractivity contribution in [3.63, 3.8) is 0 Å². The van der Waals surface area contributed by atoms with Gasteiger partial charge >= 0.3 is 0 Å². The van der Waals surface area contributed by atoms with E-state index in [-0.39, 0.29) is 11.8 Å². The van der Waals surface area contributed by atoms with Crippen molar-refractivity contribution in [1.29, 1.82) is 0 Å². The SMILES string of the molecule is COc1ccc(NC(=O)c2ccc(NC(=O)C(c3ccccc3)c3ccccc3)cc2)cc1. The monoisotopic (exact) mass is 436 g/mol. The average Bonchev–Trinajstić information content (AvgIpc) is 2.86. The Bertz CT molecular complexity index is 1170. The molecule has 0 aromatic heterocycles. The summed E-state index contributed by atoms with van der Waals surface area (Å²) in [4.78, 5) is 25.8. The molecule has 0 aliphatic rings. The predicted molar refractivity (Wildman–Crippen MR) is 131 cm³/mol. The van der Waals surface area contributed by atoms with E-state index in [1.54, 1.807) is 55.6 Å². The number of hydrogen-bond donors (Lipinski definition) is 2. The van der Waals surface area contributed by atoms with Gasteiger partial charge in [-0.1, -0.05) is 60.7 Å². The lowest BCUT2D eigenvalue weighted by Crippen LogP contribution is -2.22. The molecule has 5 nitrogen and oxygen atoms in total. The quantitative estimate of drug-likeness (QED) is 0.389. The van der Waals surface area contributed by atoms with Gasteiger partial charge in [0.05, 0.1) is 13.0 Å². The molecule has 0 bridgehead atoms. The van der Waals surface area contributed by atoms with Crippen LogP contribution in [0.5, 0.6) is 5.75 Å². The number of benzene rings is 4. The highest BCUT2D eigenvalue weighted by Crippen LogP contribution is 2.26. The van der Waals surface area contributed by atoms with Gasteiger partial charge in [-0.25, -0.2) is 0 Å². The van der Waals surface area contributed by atoms with E-state index in [1.165, 1.54) is 0 Å². The zero-order valence-electron chi connectivity index (χ0n) is 18.2. The molecule has 0 radical (unpaired) electrons. The number of rotatable bonds is 7. The number of nitrogens with one attached hydrogen (secondary N) is 2. The number of hydrogen-bond acceptors (Lipinski definition) is 3. The molecule has 4 aromatic rings. The number of methoxy groups -OCH3 is 1. The Morgan fingerprint density at radius 2 is 1.12 bits per heavy atom. The smallest absolute Gasteiger partial charge is 0.255 e. The maximum absolute atomic E-state index is 13.2. The predicted octanol–water partition coefficient (Wildman–Crippen LogP) is 5.72. The first-order valence-corrected chi connectivity index (χ1v) is 10.6. The average molecular weight is 437 g/mol. The summed E-state index contributed by atoms with van der Waals surface area (Å²) in [6.45, 7) is 0. The molecule has 0 fully saturated rings. The fraction of sp³-hybridized carbons (Fsp3) is 0.0714. The third-order valence-corrected chi connectivity index (χ3v) is 5.29. The highest BCUT2D eigenvalue weighted by atomic mass is 16.5. The number of carbonyl (C=O) groups excluding carboxylic acids is 2. The Kier molecular flexibility index (Phi) is 6.81. The molecule has 2 N–H and O–H groups in total. The minimum atomic E-state index is -0.439. The minimum Gasteiger partial charge on any atom is -0.497 e. The third-order valence-electron chi connectivity index (χ3n) is 5.29. The number of carbonyl (C=O) groups is 2. The Hall–Kier alpha value is -4.38. The van der Waals surface area contributed by atoms with Gasteiger partial charge in [0.15, 0.2) is 0 Å². The first-order chi connectivity index (χ1) is 16.1. The summed E-state index contributed by atoms with van der Waals surface area (Å²) in [5.41, 5.74) is 3.62. The van der Waals surface area contributed by atoms with Crippen molar-refractivity contribution in [2.75, 3.05) is 17.7 Å². The van der Waals surface area contributed by atoms with E-state index < -0.39 is 5.92 Å². The minimum absolute atomic E-state index is 0.136. The highest BCUT2D eigenvalue weighted by Gasteiger charge is 2.22. The van der Waals surface area contributed by atoms with Crippen LogP contribution >= 0.6 is 0 Å².